The van der Waals surface area contributed by atoms with Crippen LogP contribution in [0, 0.1) is 11.2 Å². The lowest BCUT2D eigenvalue weighted by atomic mass is 9.77. The van der Waals surface area contributed by atoms with Crippen molar-refractivity contribution < 1.29 is 14.0 Å². The molecule has 0 bridgehead atoms. The number of benzene rings is 1. The molecule has 1 aromatic carbocycles. The molecule has 2 aromatic rings. The van der Waals surface area contributed by atoms with Gasteiger partial charge in [0.25, 0.3) is 5.91 Å². The highest BCUT2D eigenvalue weighted by atomic mass is 19.1. The zero-order valence-electron chi connectivity index (χ0n) is 14.4. The molecule has 3 heterocycles. The summed E-state index contributed by atoms with van der Waals surface area (Å²) in [6.45, 7) is 2.39. The van der Waals surface area contributed by atoms with Crippen LogP contribution >= 0.6 is 0 Å². The minimum absolute atomic E-state index is 0.0432. The third-order valence-corrected chi connectivity index (χ3v) is 5.51. The van der Waals surface area contributed by atoms with Crippen LogP contribution in [-0.4, -0.2) is 51.4 Å². The van der Waals surface area contributed by atoms with E-state index in [-0.39, 0.29) is 23.0 Å². The molecule has 2 aliphatic heterocycles. The van der Waals surface area contributed by atoms with Crippen LogP contribution in [0.3, 0.4) is 0 Å². The number of rotatable bonds is 3. The van der Waals surface area contributed by atoms with Crippen molar-refractivity contribution in [3.05, 3.63) is 53.6 Å². The van der Waals surface area contributed by atoms with Crippen LogP contribution in [0.2, 0.25) is 0 Å². The summed E-state index contributed by atoms with van der Waals surface area (Å²) in [5.74, 6) is -0.213. The highest BCUT2D eigenvalue weighted by Gasteiger charge is 2.45. The van der Waals surface area contributed by atoms with E-state index in [9.17, 15) is 14.0 Å². The van der Waals surface area contributed by atoms with Gasteiger partial charge in [-0.2, -0.15) is 5.10 Å². The Morgan fingerprint density at radius 1 is 1.27 bits per heavy atom. The minimum Gasteiger partial charge on any atom is -0.338 e. The standard InChI is InChI=1S/C19H21FN4O2/c20-15-3-1-2-14(10-15)12-24-13-19(11-17(24)25)5-8-23(9-6-19)18(26)16-4-7-21-22-16/h1-4,7,10H,5-6,8-9,11-13H2,(H,21,22). The lowest BCUT2D eigenvalue weighted by molar-refractivity contribution is -0.128. The molecule has 1 aromatic heterocycles. The molecule has 2 aliphatic rings. The van der Waals surface area contributed by atoms with E-state index in [1.165, 1.54) is 12.1 Å². The maximum absolute atomic E-state index is 13.4. The van der Waals surface area contributed by atoms with Gasteiger partial charge in [0.05, 0.1) is 0 Å². The molecule has 1 spiro atoms. The molecule has 7 heteroatoms. The largest absolute Gasteiger partial charge is 0.338 e. The molecule has 2 fully saturated rings. The van der Waals surface area contributed by atoms with Crippen molar-refractivity contribution in [3.63, 3.8) is 0 Å². The van der Waals surface area contributed by atoms with Crippen LogP contribution in [0.15, 0.2) is 36.5 Å². The quantitative estimate of drug-likeness (QED) is 0.917. The fourth-order valence-electron chi connectivity index (χ4n) is 4.05. The number of likely N-dealkylation sites (tertiary alicyclic amines) is 2. The average molecular weight is 356 g/mol. The van der Waals surface area contributed by atoms with Gasteiger partial charge in [-0.05, 0) is 36.6 Å². The first-order chi connectivity index (χ1) is 12.5. The predicted octanol–water partition coefficient (Wildman–Crippen LogP) is 2.20. The Morgan fingerprint density at radius 2 is 2.08 bits per heavy atom. The monoisotopic (exact) mass is 356 g/mol. The number of carbonyl (C=O) groups is 2. The van der Waals surface area contributed by atoms with Gasteiger partial charge in [0.1, 0.15) is 11.5 Å². The van der Waals surface area contributed by atoms with Gasteiger partial charge < -0.3 is 9.80 Å². The molecule has 2 amide bonds. The van der Waals surface area contributed by atoms with Crippen molar-refractivity contribution in [2.75, 3.05) is 19.6 Å². The molecule has 1 N–H and O–H groups in total. The summed E-state index contributed by atoms with van der Waals surface area (Å²) < 4.78 is 13.4. The Balaban J connectivity index is 1.38. The summed E-state index contributed by atoms with van der Waals surface area (Å²) in [4.78, 5) is 28.5. The first-order valence-corrected chi connectivity index (χ1v) is 8.86. The van der Waals surface area contributed by atoms with Crippen molar-refractivity contribution in [1.82, 2.24) is 20.0 Å². The Labute approximate surface area is 151 Å². The number of amides is 2. The number of piperidine rings is 1. The number of carbonyl (C=O) groups excluding carboxylic acids is 2. The predicted molar refractivity (Wildman–Crippen MR) is 92.6 cm³/mol. The van der Waals surface area contributed by atoms with Gasteiger partial charge in [-0.3, -0.25) is 14.7 Å². The third-order valence-electron chi connectivity index (χ3n) is 5.51. The van der Waals surface area contributed by atoms with Gasteiger partial charge in [-0.15, -0.1) is 0 Å². The fraction of sp³-hybridized carbons (Fsp3) is 0.421. The second-order valence-electron chi connectivity index (χ2n) is 7.32. The van der Waals surface area contributed by atoms with Crippen molar-refractivity contribution >= 4 is 11.8 Å². The van der Waals surface area contributed by atoms with Crippen LogP contribution in [0.1, 0.15) is 35.3 Å². The molecular formula is C19H21FN4O2. The maximum atomic E-state index is 13.4. The molecule has 4 rings (SSSR count). The SMILES string of the molecule is O=C1CC2(CCN(C(=O)c3ccn[nH]3)CC2)CN1Cc1cccc(F)c1. The second kappa shape index (κ2) is 6.55. The summed E-state index contributed by atoms with van der Waals surface area (Å²) >= 11 is 0. The van der Waals surface area contributed by atoms with E-state index >= 15 is 0 Å². The number of aromatic nitrogens is 2. The molecule has 0 aliphatic carbocycles. The van der Waals surface area contributed by atoms with Crippen molar-refractivity contribution in [2.45, 2.75) is 25.8 Å². The number of nitrogens with zero attached hydrogens (tertiary/aromatic N) is 3. The molecule has 0 unspecified atom stereocenters. The summed E-state index contributed by atoms with van der Waals surface area (Å²) in [6.07, 6.45) is 3.68. The van der Waals surface area contributed by atoms with Crippen molar-refractivity contribution in [2.24, 2.45) is 5.41 Å². The van der Waals surface area contributed by atoms with Crippen LogP contribution in [0.25, 0.3) is 0 Å². The summed E-state index contributed by atoms with van der Waals surface area (Å²) in [5.41, 5.74) is 1.23. The topological polar surface area (TPSA) is 69.3 Å². The lowest BCUT2D eigenvalue weighted by Gasteiger charge is -2.38. The van der Waals surface area contributed by atoms with Crippen LogP contribution in [-0.2, 0) is 11.3 Å². The second-order valence-corrected chi connectivity index (χ2v) is 7.32. The van der Waals surface area contributed by atoms with Gasteiger partial charge in [-0.25, -0.2) is 4.39 Å². The zero-order valence-corrected chi connectivity index (χ0v) is 14.4. The number of hydrogen-bond donors (Lipinski definition) is 1. The Morgan fingerprint density at radius 3 is 2.77 bits per heavy atom. The summed E-state index contributed by atoms with van der Waals surface area (Å²) in [5, 5.41) is 6.53. The van der Waals surface area contributed by atoms with Crippen molar-refractivity contribution in [1.29, 1.82) is 0 Å². The Hall–Kier alpha value is -2.70. The average Bonchev–Trinajstić information content (AvgIpc) is 3.24. The van der Waals surface area contributed by atoms with Gasteiger partial charge in [-0.1, -0.05) is 12.1 Å². The lowest BCUT2D eigenvalue weighted by Crippen LogP contribution is -2.44. The highest BCUT2D eigenvalue weighted by Crippen LogP contribution is 2.41. The molecule has 0 saturated carbocycles. The summed E-state index contributed by atoms with van der Waals surface area (Å²) in [7, 11) is 0. The van der Waals surface area contributed by atoms with Crippen LogP contribution in [0.4, 0.5) is 4.39 Å². The normalized spacial score (nSPS) is 19.3. The van der Waals surface area contributed by atoms with E-state index in [4.69, 9.17) is 0 Å². The van der Waals surface area contributed by atoms with Crippen LogP contribution < -0.4 is 0 Å². The molecule has 136 valence electrons. The van der Waals surface area contributed by atoms with E-state index in [1.54, 1.807) is 18.3 Å². The minimum atomic E-state index is -0.283. The Bertz CT molecular complexity index is 813. The van der Waals surface area contributed by atoms with Gasteiger partial charge >= 0.3 is 0 Å². The van der Waals surface area contributed by atoms with Gasteiger partial charge in [0.15, 0.2) is 0 Å². The highest BCUT2D eigenvalue weighted by molar-refractivity contribution is 5.92. The number of H-pyrrole nitrogens is 1. The van der Waals surface area contributed by atoms with Crippen molar-refractivity contribution in [3.8, 4) is 0 Å². The molecule has 2 saturated heterocycles. The van der Waals surface area contributed by atoms with E-state index in [1.807, 2.05) is 15.9 Å². The molecule has 26 heavy (non-hydrogen) atoms. The fourth-order valence-corrected chi connectivity index (χ4v) is 4.05. The van der Waals surface area contributed by atoms with E-state index in [2.05, 4.69) is 10.2 Å². The van der Waals surface area contributed by atoms with Crippen LogP contribution in [0.5, 0.6) is 0 Å². The Kier molecular flexibility index (Phi) is 4.22. The van der Waals surface area contributed by atoms with Gasteiger partial charge in [0, 0.05) is 44.2 Å². The zero-order chi connectivity index (χ0) is 18.1. The summed E-state index contributed by atoms with van der Waals surface area (Å²) in [6, 6.07) is 8.06. The number of aromatic amines is 1. The first-order valence-electron chi connectivity index (χ1n) is 8.86. The molecular weight excluding hydrogens is 335 g/mol. The number of hydrogen-bond acceptors (Lipinski definition) is 3. The van der Waals surface area contributed by atoms with E-state index in [0.29, 0.717) is 38.3 Å². The number of halogens is 1. The van der Waals surface area contributed by atoms with E-state index < -0.39 is 0 Å². The molecule has 6 nitrogen and oxygen atoms in total. The van der Waals surface area contributed by atoms with Gasteiger partial charge in [0.2, 0.25) is 5.91 Å². The molecule has 0 radical (unpaired) electrons. The smallest absolute Gasteiger partial charge is 0.271 e. The first kappa shape index (κ1) is 16.8. The number of nitrogens with one attached hydrogen (secondary N) is 1. The molecule has 0 atom stereocenters. The third kappa shape index (κ3) is 3.21. The van der Waals surface area contributed by atoms with E-state index in [0.717, 1.165) is 18.4 Å². The maximum Gasteiger partial charge on any atom is 0.271 e.